The Morgan fingerprint density at radius 3 is 2.65 bits per heavy atom. The van der Waals surface area contributed by atoms with Gasteiger partial charge in [0.2, 0.25) is 0 Å². The van der Waals surface area contributed by atoms with E-state index < -0.39 is 0 Å². The van der Waals surface area contributed by atoms with Crippen molar-refractivity contribution in [3.63, 3.8) is 0 Å². The lowest BCUT2D eigenvalue weighted by Gasteiger charge is -2.31. The summed E-state index contributed by atoms with van der Waals surface area (Å²) in [7, 11) is 0. The smallest absolute Gasteiger partial charge is 0.274 e. The summed E-state index contributed by atoms with van der Waals surface area (Å²) in [5.74, 6) is 0.890. The van der Waals surface area contributed by atoms with Crippen LogP contribution in [-0.4, -0.2) is 48.6 Å². The molecule has 0 radical (unpaired) electrons. The molecule has 1 aliphatic rings. The molecule has 1 fully saturated rings. The summed E-state index contributed by atoms with van der Waals surface area (Å²) in [5, 5.41) is 8.26. The lowest BCUT2D eigenvalue weighted by Crippen LogP contribution is -2.38. The number of aryl methyl sites for hydroxylation is 2. The van der Waals surface area contributed by atoms with E-state index in [1.165, 1.54) is 11.5 Å². The Morgan fingerprint density at radius 2 is 2.00 bits per heavy atom. The topological polar surface area (TPSA) is 97.9 Å². The first kappa shape index (κ1) is 16.8. The monoisotopic (exact) mass is 370 g/mol. The van der Waals surface area contributed by atoms with E-state index in [1.54, 1.807) is 12.4 Å². The van der Waals surface area contributed by atoms with Crippen molar-refractivity contribution >= 4 is 17.4 Å². The third kappa shape index (κ3) is 3.22. The summed E-state index contributed by atoms with van der Waals surface area (Å²) in [4.78, 5) is 23.7. The van der Waals surface area contributed by atoms with Crippen molar-refractivity contribution in [2.24, 2.45) is 0 Å². The van der Waals surface area contributed by atoms with Crippen LogP contribution in [0, 0.1) is 13.8 Å². The SMILES string of the molecule is Cc1cnc(C(=O)N2CCC(c3nnsc3-c3cc(C)no3)CC2)cn1. The van der Waals surface area contributed by atoms with Crippen molar-refractivity contribution < 1.29 is 9.32 Å². The average molecular weight is 370 g/mol. The van der Waals surface area contributed by atoms with Gasteiger partial charge in [-0.2, -0.15) is 0 Å². The minimum atomic E-state index is -0.0709. The van der Waals surface area contributed by atoms with Gasteiger partial charge in [-0.1, -0.05) is 9.64 Å². The summed E-state index contributed by atoms with van der Waals surface area (Å²) in [6, 6.07) is 1.90. The molecule has 9 heteroatoms. The van der Waals surface area contributed by atoms with E-state index >= 15 is 0 Å². The molecule has 4 rings (SSSR count). The Balaban J connectivity index is 1.45. The van der Waals surface area contributed by atoms with Gasteiger partial charge < -0.3 is 9.42 Å². The van der Waals surface area contributed by atoms with Crippen molar-refractivity contribution in [2.75, 3.05) is 13.1 Å². The molecule has 0 aromatic carbocycles. The maximum absolute atomic E-state index is 12.6. The molecular formula is C17H18N6O2S. The zero-order valence-corrected chi connectivity index (χ0v) is 15.4. The van der Waals surface area contributed by atoms with Gasteiger partial charge in [-0.15, -0.1) is 5.10 Å². The first-order valence-corrected chi connectivity index (χ1v) is 9.23. The first-order valence-electron chi connectivity index (χ1n) is 8.45. The van der Waals surface area contributed by atoms with Gasteiger partial charge in [-0.25, -0.2) is 4.98 Å². The summed E-state index contributed by atoms with van der Waals surface area (Å²) >= 11 is 1.32. The Morgan fingerprint density at radius 1 is 1.19 bits per heavy atom. The quantitative estimate of drug-likeness (QED) is 0.699. The van der Waals surface area contributed by atoms with Crippen molar-refractivity contribution in [1.82, 2.24) is 29.6 Å². The van der Waals surface area contributed by atoms with Crippen LogP contribution in [0.3, 0.4) is 0 Å². The lowest BCUT2D eigenvalue weighted by molar-refractivity contribution is 0.0705. The molecule has 0 atom stereocenters. The molecule has 8 nitrogen and oxygen atoms in total. The van der Waals surface area contributed by atoms with Crippen molar-refractivity contribution in [1.29, 1.82) is 0 Å². The number of carbonyl (C=O) groups excluding carboxylic acids is 1. The molecule has 0 bridgehead atoms. The van der Waals surface area contributed by atoms with Gasteiger partial charge in [-0.05, 0) is 38.2 Å². The molecule has 4 heterocycles. The van der Waals surface area contributed by atoms with Crippen LogP contribution in [0.2, 0.25) is 0 Å². The van der Waals surface area contributed by atoms with E-state index in [4.69, 9.17) is 4.52 Å². The average Bonchev–Trinajstić information content (AvgIpc) is 3.30. The van der Waals surface area contributed by atoms with Crippen molar-refractivity contribution in [2.45, 2.75) is 32.6 Å². The molecule has 0 aliphatic carbocycles. The van der Waals surface area contributed by atoms with Gasteiger partial charge in [0.25, 0.3) is 5.91 Å². The maximum atomic E-state index is 12.6. The number of hydrogen-bond donors (Lipinski definition) is 0. The number of nitrogens with zero attached hydrogens (tertiary/aromatic N) is 6. The molecule has 3 aromatic heterocycles. The molecule has 0 unspecified atom stereocenters. The highest BCUT2D eigenvalue weighted by Crippen LogP contribution is 2.36. The zero-order chi connectivity index (χ0) is 18.1. The molecule has 3 aromatic rings. The zero-order valence-electron chi connectivity index (χ0n) is 14.5. The van der Waals surface area contributed by atoms with Crippen LogP contribution in [0.4, 0.5) is 0 Å². The highest BCUT2D eigenvalue weighted by Gasteiger charge is 2.29. The van der Waals surface area contributed by atoms with Crippen molar-refractivity contribution in [3.8, 4) is 10.6 Å². The molecule has 1 amide bonds. The Labute approximate surface area is 154 Å². The third-order valence-corrected chi connectivity index (χ3v) is 5.29. The normalized spacial score (nSPS) is 15.4. The first-order chi connectivity index (χ1) is 12.6. The molecule has 0 N–H and O–H groups in total. The minimum Gasteiger partial charge on any atom is -0.355 e. The van der Waals surface area contributed by atoms with Crippen LogP contribution in [0.1, 0.15) is 46.3 Å². The number of carbonyl (C=O) groups is 1. The molecule has 0 spiro atoms. The van der Waals surface area contributed by atoms with E-state index in [1.807, 2.05) is 24.8 Å². The standard InChI is InChI=1S/C17H18N6O2S/c1-10-7-14(25-21-10)16-15(20-22-26-16)12-3-5-23(6-4-12)17(24)13-9-18-11(2)8-19-13/h7-9,12H,3-6H2,1-2H3. The predicted octanol–water partition coefficient (Wildman–Crippen LogP) is 2.62. The number of likely N-dealkylation sites (tertiary alicyclic amines) is 1. The lowest BCUT2D eigenvalue weighted by atomic mass is 9.92. The summed E-state index contributed by atoms with van der Waals surface area (Å²) in [6.07, 6.45) is 4.82. The summed E-state index contributed by atoms with van der Waals surface area (Å²) in [5.41, 5.74) is 2.96. The molecule has 26 heavy (non-hydrogen) atoms. The minimum absolute atomic E-state index is 0.0709. The molecule has 1 saturated heterocycles. The van der Waals surface area contributed by atoms with E-state index in [0.717, 1.165) is 34.8 Å². The maximum Gasteiger partial charge on any atom is 0.274 e. The Kier molecular flexibility index (Phi) is 4.46. The second kappa shape index (κ2) is 6.91. The highest BCUT2D eigenvalue weighted by atomic mass is 32.1. The number of aromatic nitrogens is 5. The van der Waals surface area contributed by atoms with E-state index in [0.29, 0.717) is 24.5 Å². The summed E-state index contributed by atoms with van der Waals surface area (Å²) in [6.45, 7) is 5.05. The fourth-order valence-electron chi connectivity index (χ4n) is 3.13. The summed E-state index contributed by atoms with van der Waals surface area (Å²) < 4.78 is 9.47. The number of amides is 1. The van der Waals surface area contributed by atoms with Crippen LogP contribution in [0.5, 0.6) is 0 Å². The second-order valence-electron chi connectivity index (χ2n) is 6.43. The third-order valence-electron chi connectivity index (χ3n) is 4.53. The number of piperidine rings is 1. The molecule has 134 valence electrons. The van der Waals surface area contributed by atoms with Crippen LogP contribution in [0.25, 0.3) is 10.6 Å². The number of rotatable bonds is 3. The van der Waals surface area contributed by atoms with E-state index in [2.05, 4.69) is 24.7 Å². The molecule has 1 aliphatic heterocycles. The largest absolute Gasteiger partial charge is 0.355 e. The van der Waals surface area contributed by atoms with Gasteiger partial charge in [0.15, 0.2) is 5.76 Å². The fraction of sp³-hybridized carbons (Fsp3) is 0.412. The van der Waals surface area contributed by atoms with Gasteiger partial charge in [-0.3, -0.25) is 9.78 Å². The fourth-order valence-corrected chi connectivity index (χ4v) is 3.82. The van der Waals surface area contributed by atoms with Crippen LogP contribution < -0.4 is 0 Å². The van der Waals surface area contributed by atoms with Gasteiger partial charge in [0, 0.05) is 31.3 Å². The molecular weight excluding hydrogens is 352 g/mol. The Bertz CT molecular complexity index is 911. The van der Waals surface area contributed by atoms with Gasteiger partial charge in [0.05, 0.1) is 23.3 Å². The second-order valence-corrected chi connectivity index (χ2v) is 7.18. The van der Waals surface area contributed by atoms with E-state index in [-0.39, 0.29) is 11.8 Å². The van der Waals surface area contributed by atoms with E-state index in [9.17, 15) is 4.79 Å². The van der Waals surface area contributed by atoms with Crippen LogP contribution in [-0.2, 0) is 0 Å². The van der Waals surface area contributed by atoms with Gasteiger partial charge >= 0.3 is 0 Å². The Hall–Kier alpha value is -2.68. The number of hydrogen-bond acceptors (Lipinski definition) is 8. The predicted molar refractivity (Wildman–Crippen MR) is 94.8 cm³/mol. The van der Waals surface area contributed by atoms with Crippen LogP contribution >= 0.6 is 11.5 Å². The molecule has 0 saturated carbocycles. The van der Waals surface area contributed by atoms with Crippen LogP contribution in [0.15, 0.2) is 23.0 Å². The van der Waals surface area contributed by atoms with Gasteiger partial charge in [0.1, 0.15) is 10.6 Å². The highest BCUT2D eigenvalue weighted by molar-refractivity contribution is 7.09. The van der Waals surface area contributed by atoms with Crippen molar-refractivity contribution in [3.05, 3.63) is 41.2 Å².